The summed E-state index contributed by atoms with van der Waals surface area (Å²) in [5.41, 5.74) is 6.56. The van der Waals surface area contributed by atoms with Crippen molar-refractivity contribution in [2.45, 2.75) is 0 Å². The number of nitrogen functional groups attached to an aromatic ring is 1. The number of nitrogens with two attached hydrogens (primary N) is 1. The summed E-state index contributed by atoms with van der Waals surface area (Å²) in [6.45, 7) is 5.11. The third kappa shape index (κ3) is 2.81. The largest absolute Gasteiger partial charge is 0.397 e. The molecular formula is C14H17N3O2S. The number of carbonyl (C=O) groups excluding carboxylic acids is 1. The second-order valence-corrected chi connectivity index (χ2v) is 5.23. The molecule has 0 aliphatic rings. The van der Waals surface area contributed by atoms with Gasteiger partial charge in [-0.05, 0) is 12.1 Å². The number of hydrogen-bond donors (Lipinski definition) is 1. The van der Waals surface area contributed by atoms with Crippen molar-refractivity contribution in [1.29, 1.82) is 0 Å². The van der Waals surface area contributed by atoms with Gasteiger partial charge in [0.05, 0.1) is 12.3 Å². The monoisotopic (exact) mass is 291 g/mol. The summed E-state index contributed by atoms with van der Waals surface area (Å²) >= 11 is 1.32. The van der Waals surface area contributed by atoms with E-state index in [-0.39, 0.29) is 5.91 Å². The summed E-state index contributed by atoms with van der Waals surface area (Å²) in [5.74, 6) is -0.109. The molecule has 2 rings (SSSR count). The van der Waals surface area contributed by atoms with E-state index >= 15 is 0 Å². The topological polar surface area (TPSA) is 68.5 Å². The van der Waals surface area contributed by atoms with Gasteiger partial charge in [0.2, 0.25) is 0 Å². The lowest BCUT2D eigenvalue weighted by Crippen LogP contribution is -2.33. The van der Waals surface area contributed by atoms with Crippen molar-refractivity contribution in [3.8, 4) is 0 Å². The highest BCUT2D eigenvalue weighted by Crippen LogP contribution is 2.32. The maximum Gasteiger partial charge on any atom is 0.266 e. The molecular weight excluding hydrogens is 274 g/mol. The third-order valence-corrected chi connectivity index (χ3v) is 4.02. The van der Waals surface area contributed by atoms with Gasteiger partial charge in [-0.25, -0.2) is 4.98 Å². The van der Waals surface area contributed by atoms with Crippen LogP contribution in [0.2, 0.25) is 0 Å². The molecule has 5 nitrogen and oxygen atoms in total. The first kappa shape index (κ1) is 14.5. The van der Waals surface area contributed by atoms with Gasteiger partial charge < -0.3 is 15.4 Å². The minimum absolute atomic E-state index is 0.109. The Kier molecular flexibility index (Phi) is 4.70. The first-order chi connectivity index (χ1) is 9.69. The van der Waals surface area contributed by atoms with Crippen LogP contribution < -0.4 is 5.73 Å². The Hall–Kier alpha value is -1.92. The molecule has 2 N–H and O–H groups in total. The van der Waals surface area contributed by atoms with Crippen LogP contribution in [0.1, 0.15) is 9.67 Å². The van der Waals surface area contributed by atoms with E-state index in [4.69, 9.17) is 10.5 Å². The number of pyridine rings is 1. The number of rotatable bonds is 6. The molecule has 20 heavy (non-hydrogen) atoms. The van der Waals surface area contributed by atoms with Crippen LogP contribution in [0, 0.1) is 0 Å². The molecule has 0 radical (unpaired) electrons. The summed E-state index contributed by atoms with van der Waals surface area (Å²) in [4.78, 5) is 19.8. The van der Waals surface area contributed by atoms with Gasteiger partial charge in [0.25, 0.3) is 5.91 Å². The number of methoxy groups -OCH3 is 1. The van der Waals surface area contributed by atoms with Crippen LogP contribution in [0.15, 0.2) is 31.0 Å². The molecule has 106 valence electrons. The van der Waals surface area contributed by atoms with Crippen LogP contribution >= 0.6 is 11.3 Å². The highest BCUT2D eigenvalue weighted by Gasteiger charge is 2.21. The van der Waals surface area contributed by atoms with E-state index in [9.17, 15) is 4.79 Å². The van der Waals surface area contributed by atoms with Crippen LogP contribution in [-0.4, -0.2) is 42.6 Å². The van der Waals surface area contributed by atoms with Crippen molar-refractivity contribution in [3.63, 3.8) is 0 Å². The van der Waals surface area contributed by atoms with E-state index in [0.717, 1.165) is 10.2 Å². The van der Waals surface area contributed by atoms with Crippen molar-refractivity contribution < 1.29 is 9.53 Å². The molecule has 6 heteroatoms. The fourth-order valence-electron chi connectivity index (χ4n) is 1.89. The quantitative estimate of drug-likeness (QED) is 0.828. The number of anilines is 1. The van der Waals surface area contributed by atoms with Crippen molar-refractivity contribution in [2.24, 2.45) is 0 Å². The van der Waals surface area contributed by atoms with Crippen molar-refractivity contribution >= 4 is 33.1 Å². The van der Waals surface area contributed by atoms with E-state index < -0.39 is 0 Å². The predicted octanol–water partition coefficient (Wildman–Crippen LogP) is 2.15. The Balaban J connectivity index is 2.33. The Morgan fingerprint density at radius 3 is 3.10 bits per heavy atom. The van der Waals surface area contributed by atoms with Crippen LogP contribution in [-0.2, 0) is 4.74 Å². The minimum atomic E-state index is -0.109. The maximum absolute atomic E-state index is 12.6. The van der Waals surface area contributed by atoms with Gasteiger partial charge in [0.1, 0.15) is 9.71 Å². The Morgan fingerprint density at radius 1 is 1.65 bits per heavy atom. The Bertz CT molecular complexity index is 624. The molecule has 0 atom stereocenters. The first-order valence-electron chi connectivity index (χ1n) is 6.21. The van der Waals surface area contributed by atoms with Crippen molar-refractivity contribution in [3.05, 3.63) is 35.9 Å². The maximum atomic E-state index is 12.6. The molecule has 0 saturated heterocycles. The lowest BCUT2D eigenvalue weighted by Gasteiger charge is -2.20. The van der Waals surface area contributed by atoms with E-state index in [1.165, 1.54) is 11.3 Å². The zero-order valence-corrected chi connectivity index (χ0v) is 12.2. The Labute approximate surface area is 121 Å². The van der Waals surface area contributed by atoms with Gasteiger partial charge in [0, 0.05) is 31.8 Å². The summed E-state index contributed by atoms with van der Waals surface area (Å²) < 4.78 is 5.03. The summed E-state index contributed by atoms with van der Waals surface area (Å²) in [6.07, 6.45) is 3.38. The van der Waals surface area contributed by atoms with E-state index in [0.29, 0.717) is 30.3 Å². The number of ether oxygens (including phenoxy) is 1. The number of fused-ring (bicyclic) bond motifs is 1. The standard InChI is InChI=1S/C14H17N3O2S/c1-3-7-17(8-9-19-2)14(18)12-11(15)10-5-4-6-16-13(10)20-12/h3-6H,1,7-9,15H2,2H3. The second-order valence-electron chi connectivity index (χ2n) is 4.23. The molecule has 1 amide bonds. The zero-order chi connectivity index (χ0) is 14.5. The third-order valence-electron chi connectivity index (χ3n) is 2.90. The van der Waals surface area contributed by atoms with Gasteiger partial charge in [-0.15, -0.1) is 17.9 Å². The van der Waals surface area contributed by atoms with E-state index in [2.05, 4.69) is 11.6 Å². The highest BCUT2D eigenvalue weighted by atomic mass is 32.1. The Morgan fingerprint density at radius 2 is 2.45 bits per heavy atom. The summed E-state index contributed by atoms with van der Waals surface area (Å²) in [6, 6.07) is 3.68. The number of carbonyl (C=O) groups is 1. The fraction of sp³-hybridized carbons (Fsp3) is 0.286. The molecule has 2 heterocycles. The molecule has 0 fully saturated rings. The average molecular weight is 291 g/mol. The highest BCUT2D eigenvalue weighted by molar-refractivity contribution is 7.21. The van der Waals surface area contributed by atoms with Gasteiger partial charge >= 0.3 is 0 Å². The SMILES string of the molecule is C=CCN(CCOC)C(=O)c1sc2ncccc2c1N. The second kappa shape index (κ2) is 6.49. The molecule has 0 bridgehead atoms. The molecule has 0 saturated carbocycles. The van der Waals surface area contributed by atoms with Crippen LogP contribution in [0.25, 0.3) is 10.2 Å². The number of nitrogens with zero attached hydrogens (tertiary/aromatic N) is 2. The van der Waals surface area contributed by atoms with Crippen molar-refractivity contribution in [2.75, 3.05) is 32.5 Å². The first-order valence-corrected chi connectivity index (χ1v) is 7.02. The van der Waals surface area contributed by atoms with Gasteiger partial charge in [-0.1, -0.05) is 6.08 Å². The normalized spacial score (nSPS) is 10.7. The van der Waals surface area contributed by atoms with Crippen LogP contribution in [0.3, 0.4) is 0 Å². The smallest absolute Gasteiger partial charge is 0.266 e. The van der Waals surface area contributed by atoms with E-state index in [1.54, 1.807) is 24.3 Å². The molecule has 2 aromatic rings. The molecule has 0 spiro atoms. The predicted molar refractivity (Wildman–Crippen MR) is 82.0 cm³/mol. The van der Waals surface area contributed by atoms with Gasteiger partial charge in [-0.2, -0.15) is 0 Å². The number of aromatic nitrogens is 1. The molecule has 0 aromatic carbocycles. The fourth-order valence-corrected chi connectivity index (χ4v) is 2.92. The molecule has 2 aromatic heterocycles. The van der Waals surface area contributed by atoms with Gasteiger partial charge in [-0.3, -0.25) is 4.79 Å². The van der Waals surface area contributed by atoms with E-state index in [1.807, 2.05) is 12.1 Å². The average Bonchev–Trinajstić information content (AvgIpc) is 2.80. The van der Waals surface area contributed by atoms with Crippen LogP contribution in [0.4, 0.5) is 5.69 Å². The lowest BCUT2D eigenvalue weighted by atomic mass is 10.2. The summed E-state index contributed by atoms with van der Waals surface area (Å²) in [7, 11) is 1.61. The number of amides is 1. The van der Waals surface area contributed by atoms with Crippen molar-refractivity contribution in [1.82, 2.24) is 9.88 Å². The lowest BCUT2D eigenvalue weighted by molar-refractivity contribution is 0.0724. The number of hydrogen-bond acceptors (Lipinski definition) is 5. The molecule has 0 aliphatic heterocycles. The minimum Gasteiger partial charge on any atom is -0.397 e. The zero-order valence-electron chi connectivity index (χ0n) is 11.3. The molecule has 0 aliphatic carbocycles. The number of thiophene rings is 1. The molecule has 0 unspecified atom stereocenters. The summed E-state index contributed by atoms with van der Waals surface area (Å²) in [5, 5.41) is 0.825. The van der Waals surface area contributed by atoms with Gasteiger partial charge in [0.15, 0.2) is 0 Å². The van der Waals surface area contributed by atoms with Crippen LogP contribution in [0.5, 0.6) is 0 Å².